The molecule has 0 aromatic heterocycles. The van der Waals surface area contributed by atoms with E-state index in [1.165, 1.54) is 6.21 Å². The Balaban J connectivity index is 1.79. The third kappa shape index (κ3) is 6.70. The fourth-order valence-electron chi connectivity index (χ4n) is 2.27. The normalized spacial score (nSPS) is 10.5. The zero-order valence-corrected chi connectivity index (χ0v) is 17.3. The van der Waals surface area contributed by atoms with Gasteiger partial charge in [0.15, 0.2) is 0 Å². The van der Waals surface area contributed by atoms with Gasteiger partial charge in [0.05, 0.1) is 19.9 Å². The van der Waals surface area contributed by atoms with Crippen LogP contribution in [0.15, 0.2) is 52.0 Å². The van der Waals surface area contributed by atoms with Gasteiger partial charge in [0.1, 0.15) is 11.5 Å². The highest BCUT2D eigenvalue weighted by atomic mass is 79.9. The number of nitrogens with one attached hydrogen (secondary N) is 2. The van der Waals surface area contributed by atoms with Crippen LogP contribution in [0.25, 0.3) is 0 Å². The lowest BCUT2D eigenvalue weighted by molar-refractivity contribution is -0.120. The maximum atomic E-state index is 12.0. The van der Waals surface area contributed by atoms with Crippen LogP contribution in [0.5, 0.6) is 11.5 Å². The van der Waals surface area contributed by atoms with Gasteiger partial charge in [-0.3, -0.25) is 9.59 Å². The predicted octanol–water partition coefficient (Wildman–Crippen LogP) is 3.13. The summed E-state index contributed by atoms with van der Waals surface area (Å²) in [4.78, 5) is 23.9. The summed E-state index contributed by atoms with van der Waals surface area (Å²) < 4.78 is 11.4. The van der Waals surface area contributed by atoms with Crippen molar-refractivity contribution in [2.24, 2.45) is 5.10 Å². The lowest BCUT2D eigenvalue weighted by atomic mass is 10.2. The lowest BCUT2D eigenvalue weighted by Crippen LogP contribution is -2.29. The summed E-state index contributed by atoms with van der Waals surface area (Å²) in [5.74, 6) is 0.788. The summed E-state index contributed by atoms with van der Waals surface area (Å²) in [5.41, 5.74) is 3.68. The Bertz CT molecular complexity index is 838. The van der Waals surface area contributed by atoms with Crippen molar-refractivity contribution in [2.75, 3.05) is 20.3 Å². The predicted molar refractivity (Wildman–Crippen MR) is 111 cm³/mol. The minimum atomic E-state index is -0.306. The SMILES string of the molecule is CCOc1ccc(Br)cc1C=NNC(=O)CCNC(=O)c1ccc(OC)cc1. The number of ether oxygens (including phenoxy) is 2. The van der Waals surface area contributed by atoms with E-state index in [2.05, 4.69) is 31.8 Å². The lowest BCUT2D eigenvalue weighted by Gasteiger charge is -2.07. The monoisotopic (exact) mass is 447 g/mol. The quantitative estimate of drug-likeness (QED) is 0.456. The van der Waals surface area contributed by atoms with Crippen LogP contribution >= 0.6 is 15.9 Å². The fourth-order valence-corrected chi connectivity index (χ4v) is 2.65. The third-order valence-corrected chi connectivity index (χ3v) is 4.15. The number of halogens is 1. The Kier molecular flexibility index (Phi) is 8.48. The Morgan fingerprint density at radius 2 is 1.93 bits per heavy atom. The summed E-state index contributed by atoms with van der Waals surface area (Å²) in [6, 6.07) is 12.3. The average Bonchev–Trinajstić information content (AvgIpc) is 2.70. The number of carbonyl (C=O) groups excluding carboxylic acids is 2. The van der Waals surface area contributed by atoms with Gasteiger partial charge < -0.3 is 14.8 Å². The number of hydrazone groups is 1. The smallest absolute Gasteiger partial charge is 0.251 e. The maximum Gasteiger partial charge on any atom is 0.251 e. The van der Waals surface area contributed by atoms with Crippen molar-refractivity contribution in [3.05, 3.63) is 58.1 Å². The van der Waals surface area contributed by atoms with E-state index >= 15 is 0 Å². The van der Waals surface area contributed by atoms with Crippen molar-refractivity contribution in [1.29, 1.82) is 0 Å². The first-order chi connectivity index (χ1) is 13.5. The van der Waals surface area contributed by atoms with Crippen molar-refractivity contribution in [3.63, 3.8) is 0 Å². The number of benzene rings is 2. The highest BCUT2D eigenvalue weighted by Gasteiger charge is 2.07. The van der Waals surface area contributed by atoms with E-state index in [4.69, 9.17) is 9.47 Å². The molecule has 0 aliphatic carbocycles. The molecule has 2 N–H and O–H groups in total. The second kappa shape index (κ2) is 11.1. The first-order valence-electron chi connectivity index (χ1n) is 8.70. The molecule has 28 heavy (non-hydrogen) atoms. The topological polar surface area (TPSA) is 89.0 Å². The van der Waals surface area contributed by atoms with Crippen molar-refractivity contribution in [3.8, 4) is 11.5 Å². The molecule has 0 radical (unpaired) electrons. The van der Waals surface area contributed by atoms with Crippen molar-refractivity contribution in [2.45, 2.75) is 13.3 Å². The van der Waals surface area contributed by atoms with Gasteiger partial charge in [0.25, 0.3) is 5.91 Å². The van der Waals surface area contributed by atoms with Crippen LogP contribution < -0.4 is 20.2 Å². The second-order valence-corrected chi connectivity index (χ2v) is 6.56. The number of methoxy groups -OCH3 is 1. The summed E-state index contributed by atoms with van der Waals surface area (Å²) in [6.07, 6.45) is 1.62. The van der Waals surface area contributed by atoms with Crippen LogP contribution in [0.1, 0.15) is 29.3 Å². The van der Waals surface area contributed by atoms with E-state index in [9.17, 15) is 9.59 Å². The van der Waals surface area contributed by atoms with Crippen molar-refractivity contribution >= 4 is 34.0 Å². The summed E-state index contributed by atoms with van der Waals surface area (Å²) in [7, 11) is 1.56. The molecule has 0 fully saturated rings. The highest BCUT2D eigenvalue weighted by Crippen LogP contribution is 2.21. The number of nitrogens with zero attached hydrogens (tertiary/aromatic N) is 1. The fraction of sp³-hybridized carbons (Fsp3) is 0.250. The van der Waals surface area contributed by atoms with Crippen LogP contribution in [0.3, 0.4) is 0 Å². The molecule has 0 saturated heterocycles. The average molecular weight is 448 g/mol. The number of amides is 2. The first kappa shape index (κ1) is 21.4. The molecule has 0 unspecified atom stereocenters. The Labute approximate surface area is 172 Å². The molecule has 2 aromatic carbocycles. The van der Waals surface area contributed by atoms with E-state index in [0.29, 0.717) is 23.7 Å². The Morgan fingerprint density at radius 1 is 1.18 bits per heavy atom. The van der Waals surface area contributed by atoms with E-state index in [1.807, 2.05) is 25.1 Å². The van der Waals surface area contributed by atoms with Gasteiger partial charge >= 0.3 is 0 Å². The summed E-state index contributed by atoms with van der Waals surface area (Å²) in [5, 5.41) is 6.64. The number of hydrogen-bond acceptors (Lipinski definition) is 5. The number of hydrogen-bond donors (Lipinski definition) is 2. The largest absolute Gasteiger partial charge is 0.497 e. The second-order valence-electron chi connectivity index (χ2n) is 5.64. The first-order valence-corrected chi connectivity index (χ1v) is 9.49. The molecule has 0 aliphatic rings. The van der Waals surface area contributed by atoms with Crippen LogP contribution in [0.2, 0.25) is 0 Å². The summed E-state index contributed by atoms with van der Waals surface area (Å²) >= 11 is 3.39. The molecule has 2 aromatic rings. The molecule has 2 rings (SSSR count). The molecule has 0 atom stereocenters. The molecule has 2 amide bonds. The van der Waals surface area contributed by atoms with Crippen molar-refractivity contribution < 1.29 is 19.1 Å². The molecule has 0 saturated carbocycles. The van der Waals surface area contributed by atoms with Gasteiger partial charge in [-0.1, -0.05) is 15.9 Å². The molecule has 148 valence electrons. The zero-order valence-electron chi connectivity index (χ0n) is 15.7. The van der Waals surface area contributed by atoms with Gasteiger partial charge in [-0.25, -0.2) is 5.43 Å². The molecule has 0 aliphatic heterocycles. The molecular weight excluding hydrogens is 426 g/mol. The van der Waals surface area contributed by atoms with Gasteiger partial charge in [0, 0.05) is 28.6 Å². The van der Waals surface area contributed by atoms with Crippen LogP contribution in [-0.4, -0.2) is 38.3 Å². The third-order valence-electron chi connectivity index (χ3n) is 3.65. The minimum Gasteiger partial charge on any atom is -0.497 e. The van der Waals surface area contributed by atoms with E-state index in [1.54, 1.807) is 31.4 Å². The van der Waals surface area contributed by atoms with Crippen LogP contribution in [0, 0.1) is 0 Å². The number of carbonyl (C=O) groups is 2. The van der Waals surface area contributed by atoms with Crippen molar-refractivity contribution in [1.82, 2.24) is 10.7 Å². The zero-order chi connectivity index (χ0) is 20.4. The van der Waals surface area contributed by atoms with Gasteiger partial charge in [-0.05, 0) is 49.4 Å². The molecule has 0 bridgehead atoms. The summed E-state index contributed by atoms with van der Waals surface area (Å²) in [6.45, 7) is 2.63. The van der Waals surface area contributed by atoms with E-state index < -0.39 is 0 Å². The van der Waals surface area contributed by atoms with Crippen LogP contribution in [-0.2, 0) is 4.79 Å². The van der Waals surface area contributed by atoms with Gasteiger partial charge in [-0.2, -0.15) is 5.10 Å². The molecule has 7 nitrogen and oxygen atoms in total. The van der Waals surface area contributed by atoms with E-state index in [0.717, 1.165) is 10.0 Å². The molecule has 0 heterocycles. The molecule has 8 heteroatoms. The van der Waals surface area contributed by atoms with Gasteiger partial charge in [0.2, 0.25) is 5.91 Å². The van der Waals surface area contributed by atoms with E-state index in [-0.39, 0.29) is 24.8 Å². The van der Waals surface area contributed by atoms with Crippen LogP contribution in [0.4, 0.5) is 0 Å². The Hall–Kier alpha value is -2.87. The maximum absolute atomic E-state index is 12.0. The Morgan fingerprint density at radius 3 is 2.61 bits per heavy atom. The molecular formula is C20H22BrN3O4. The van der Waals surface area contributed by atoms with Gasteiger partial charge in [-0.15, -0.1) is 0 Å². The minimum absolute atomic E-state index is 0.107. The standard InChI is InChI=1S/C20H22BrN3O4/c1-3-28-18-9-6-16(21)12-15(18)13-23-24-19(25)10-11-22-20(26)14-4-7-17(27-2)8-5-14/h4-9,12-13H,3,10-11H2,1-2H3,(H,22,26)(H,24,25). The highest BCUT2D eigenvalue weighted by molar-refractivity contribution is 9.10. The number of rotatable bonds is 9. The molecule has 0 spiro atoms.